The molecule has 9 nitrogen and oxygen atoms in total. The highest BCUT2D eigenvalue weighted by Gasteiger charge is 2.21. The zero-order chi connectivity index (χ0) is 16.4. The number of hydrogen-bond acceptors (Lipinski definition) is 5. The lowest BCUT2D eigenvalue weighted by atomic mass is 10.3. The fraction of sp³-hybridized carbons (Fsp3) is 0.462. The molecule has 0 radical (unpaired) electrons. The molecule has 0 bridgehead atoms. The first-order chi connectivity index (χ1) is 10.3. The number of aryl methyl sites for hydroxylation is 3. The number of carbonyl (C=O) groups excluding carboxylic acids is 1. The first-order valence-electron chi connectivity index (χ1n) is 6.78. The first-order valence-corrected chi connectivity index (χ1v) is 6.78. The lowest BCUT2D eigenvalue weighted by Crippen LogP contribution is -2.16. The third kappa shape index (κ3) is 2.97. The summed E-state index contributed by atoms with van der Waals surface area (Å²) in [5.74, 6) is -0.189. The van der Waals surface area contributed by atoms with Gasteiger partial charge < -0.3 is 5.32 Å². The molecule has 0 aromatic carbocycles. The van der Waals surface area contributed by atoms with Crippen LogP contribution in [-0.2, 0) is 18.4 Å². The van der Waals surface area contributed by atoms with Crippen molar-refractivity contribution in [3.05, 3.63) is 33.4 Å². The van der Waals surface area contributed by atoms with Crippen molar-refractivity contribution in [3.8, 4) is 0 Å². The third-order valence-corrected chi connectivity index (χ3v) is 3.59. The molecule has 0 aliphatic heterocycles. The molecule has 118 valence electrons. The number of carbonyl (C=O) groups is 1. The fourth-order valence-corrected chi connectivity index (χ4v) is 2.21. The van der Waals surface area contributed by atoms with Crippen LogP contribution in [0, 0.1) is 30.9 Å². The molecular formula is C13H18N6O3. The maximum Gasteiger partial charge on any atom is 0.312 e. The molecule has 0 atom stereocenters. The zero-order valence-corrected chi connectivity index (χ0v) is 13.0. The van der Waals surface area contributed by atoms with E-state index in [-0.39, 0.29) is 24.6 Å². The Morgan fingerprint density at radius 1 is 1.36 bits per heavy atom. The van der Waals surface area contributed by atoms with Gasteiger partial charge in [0.2, 0.25) is 5.91 Å². The van der Waals surface area contributed by atoms with E-state index in [4.69, 9.17) is 0 Å². The zero-order valence-electron chi connectivity index (χ0n) is 13.0. The Hall–Kier alpha value is -2.71. The second-order valence-electron chi connectivity index (χ2n) is 5.07. The Labute approximate surface area is 127 Å². The van der Waals surface area contributed by atoms with Gasteiger partial charge in [-0.15, -0.1) is 0 Å². The van der Waals surface area contributed by atoms with Gasteiger partial charge in [-0.25, -0.2) is 0 Å². The van der Waals surface area contributed by atoms with Crippen LogP contribution in [0.3, 0.4) is 0 Å². The van der Waals surface area contributed by atoms with E-state index in [0.717, 1.165) is 5.69 Å². The summed E-state index contributed by atoms with van der Waals surface area (Å²) in [6.07, 6.45) is 1.76. The minimum Gasteiger partial charge on any atom is -0.323 e. The minimum atomic E-state index is -0.451. The Morgan fingerprint density at radius 2 is 2.05 bits per heavy atom. The third-order valence-electron chi connectivity index (χ3n) is 3.59. The van der Waals surface area contributed by atoms with E-state index in [2.05, 4.69) is 15.5 Å². The molecule has 0 saturated carbocycles. The Balaban J connectivity index is 2.01. The van der Waals surface area contributed by atoms with Gasteiger partial charge in [0.25, 0.3) is 0 Å². The maximum atomic E-state index is 12.0. The van der Waals surface area contributed by atoms with E-state index in [9.17, 15) is 14.9 Å². The van der Waals surface area contributed by atoms with Gasteiger partial charge in [-0.3, -0.25) is 24.3 Å². The van der Waals surface area contributed by atoms with E-state index in [1.807, 2.05) is 6.92 Å². The first kappa shape index (κ1) is 15.7. The van der Waals surface area contributed by atoms with Crippen LogP contribution in [0.15, 0.2) is 6.20 Å². The highest BCUT2D eigenvalue weighted by Crippen LogP contribution is 2.22. The number of anilines is 1. The molecule has 22 heavy (non-hydrogen) atoms. The monoisotopic (exact) mass is 306 g/mol. The highest BCUT2D eigenvalue weighted by molar-refractivity contribution is 5.91. The second kappa shape index (κ2) is 5.96. The molecule has 0 aliphatic carbocycles. The summed E-state index contributed by atoms with van der Waals surface area (Å²) in [5, 5.41) is 21.9. The summed E-state index contributed by atoms with van der Waals surface area (Å²) in [6, 6.07) is 0. The predicted molar refractivity (Wildman–Crippen MR) is 79.5 cm³/mol. The van der Waals surface area contributed by atoms with Gasteiger partial charge in [-0.2, -0.15) is 10.2 Å². The van der Waals surface area contributed by atoms with Crippen molar-refractivity contribution in [1.29, 1.82) is 0 Å². The van der Waals surface area contributed by atoms with E-state index in [1.165, 1.54) is 4.68 Å². The number of aromatic nitrogens is 4. The van der Waals surface area contributed by atoms with Gasteiger partial charge in [0.15, 0.2) is 0 Å². The number of nitrogens with one attached hydrogen (secondary N) is 1. The topological polar surface area (TPSA) is 108 Å². The number of nitro groups is 1. The molecule has 1 N–H and O–H groups in total. The quantitative estimate of drug-likeness (QED) is 0.665. The van der Waals surface area contributed by atoms with Crippen LogP contribution in [-0.4, -0.2) is 30.4 Å². The molecule has 0 spiro atoms. The molecule has 0 saturated heterocycles. The van der Waals surface area contributed by atoms with Crippen LogP contribution in [0.2, 0.25) is 0 Å². The number of hydrogen-bond donors (Lipinski definition) is 1. The molecule has 2 rings (SSSR count). The van der Waals surface area contributed by atoms with Crippen molar-refractivity contribution in [2.75, 3.05) is 5.32 Å². The summed E-state index contributed by atoms with van der Waals surface area (Å²) < 4.78 is 3.16. The highest BCUT2D eigenvalue weighted by atomic mass is 16.6. The second-order valence-corrected chi connectivity index (χ2v) is 5.07. The fourth-order valence-electron chi connectivity index (χ4n) is 2.21. The Kier molecular flexibility index (Phi) is 4.25. The Morgan fingerprint density at radius 3 is 2.55 bits per heavy atom. The largest absolute Gasteiger partial charge is 0.323 e. The predicted octanol–water partition coefficient (Wildman–Crippen LogP) is 1.48. The van der Waals surface area contributed by atoms with Gasteiger partial charge in [0.1, 0.15) is 11.4 Å². The summed E-state index contributed by atoms with van der Waals surface area (Å²) in [4.78, 5) is 22.4. The van der Waals surface area contributed by atoms with Crippen molar-refractivity contribution in [2.24, 2.45) is 7.05 Å². The van der Waals surface area contributed by atoms with Crippen molar-refractivity contribution in [3.63, 3.8) is 0 Å². The normalized spacial score (nSPS) is 10.7. The summed E-state index contributed by atoms with van der Waals surface area (Å²) in [7, 11) is 1.79. The maximum absolute atomic E-state index is 12.0. The molecule has 0 aliphatic rings. The molecular weight excluding hydrogens is 288 g/mol. The number of rotatable bonds is 5. The van der Waals surface area contributed by atoms with Gasteiger partial charge >= 0.3 is 5.69 Å². The molecule has 2 aromatic heterocycles. The molecule has 2 heterocycles. The van der Waals surface area contributed by atoms with Gasteiger partial charge in [-0.05, 0) is 20.8 Å². The van der Waals surface area contributed by atoms with E-state index >= 15 is 0 Å². The number of amides is 1. The minimum absolute atomic E-state index is 0.00325. The van der Waals surface area contributed by atoms with Crippen molar-refractivity contribution in [2.45, 2.75) is 33.7 Å². The van der Waals surface area contributed by atoms with Crippen LogP contribution in [0.1, 0.15) is 23.5 Å². The lowest BCUT2D eigenvalue weighted by Gasteiger charge is -2.05. The summed E-state index contributed by atoms with van der Waals surface area (Å²) >= 11 is 0. The molecule has 1 amide bonds. The SMILES string of the molecule is Cc1nn(CCC(=O)Nc2cnn(C)c2C)c(C)c1[N+](=O)[O-]. The van der Waals surface area contributed by atoms with Crippen LogP contribution in [0.5, 0.6) is 0 Å². The lowest BCUT2D eigenvalue weighted by molar-refractivity contribution is -0.386. The average Bonchev–Trinajstić information content (AvgIpc) is 2.90. The molecule has 0 fully saturated rings. The smallest absolute Gasteiger partial charge is 0.312 e. The van der Waals surface area contributed by atoms with E-state index < -0.39 is 4.92 Å². The van der Waals surface area contributed by atoms with Gasteiger partial charge in [0, 0.05) is 13.5 Å². The Bertz CT molecular complexity index is 730. The summed E-state index contributed by atoms with van der Waals surface area (Å²) in [5.41, 5.74) is 2.32. The summed E-state index contributed by atoms with van der Waals surface area (Å²) in [6.45, 7) is 5.35. The molecule has 0 unspecified atom stereocenters. The van der Waals surface area contributed by atoms with E-state index in [0.29, 0.717) is 17.1 Å². The van der Waals surface area contributed by atoms with Crippen LogP contribution >= 0.6 is 0 Å². The van der Waals surface area contributed by atoms with E-state index in [1.54, 1.807) is 31.8 Å². The average molecular weight is 306 g/mol. The molecule has 2 aromatic rings. The van der Waals surface area contributed by atoms with Crippen LogP contribution in [0.25, 0.3) is 0 Å². The van der Waals surface area contributed by atoms with Crippen molar-refractivity contribution < 1.29 is 9.72 Å². The van der Waals surface area contributed by atoms with Crippen LogP contribution < -0.4 is 5.32 Å². The van der Waals surface area contributed by atoms with Crippen molar-refractivity contribution >= 4 is 17.3 Å². The van der Waals surface area contributed by atoms with Crippen molar-refractivity contribution in [1.82, 2.24) is 19.6 Å². The van der Waals surface area contributed by atoms with Crippen LogP contribution in [0.4, 0.5) is 11.4 Å². The number of nitrogens with zero attached hydrogens (tertiary/aromatic N) is 5. The molecule has 9 heteroatoms. The van der Waals surface area contributed by atoms with Gasteiger partial charge in [0.05, 0.1) is 29.0 Å². The standard InChI is InChI=1S/C13H18N6O3/c1-8-13(19(21)22)10(3)18(16-8)6-5-12(20)15-11-7-14-17(4)9(11)2/h7H,5-6H2,1-4H3,(H,15,20). The van der Waals surface area contributed by atoms with Gasteiger partial charge in [-0.1, -0.05) is 0 Å².